The van der Waals surface area contributed by atoms with Gasteiger partial charge in [-0.1, -0.05) is 146 Å². The maximum atomic E-state index is 5.85. The third-order valence-electron chi connectivity index (χ3n) is 6.39. The van der Waals surface area contributed by atoms with E-state index in [0.717, 1.165) is 6.61 Å². The van der Waals surface area contributed by atoms with Crippen molar-refractivity contribution in [2.24, 2.45) is 0 Å². The van der Waals surface area contributed by atoms with E-state index in [-0.39, 0.29) is 0 Å². The Kier molecular flexibility index (Phi) is 15.3. The van der Waals surface area contributed by atoms with Crippen molar-refractivity contribution >= 4 is 10.8 Å². The van der Waals surface area contributed by atoms with Gasteiger partial charge in [0, 0.05) is 13.0 Å². The summed E-state index contributed by atoms with van der Waals surface area (Å²) in [6.45, 7) is 3.90. The van der Waals surface area contributed by atoms with Gasteiger partial charge in [0.05, 0.1) is 6.61 Å². The van der Waals surface area contributed by atoms with Crippen molar-refractivity contribution in [3.05, 3.63) is 54.4 Å². The number of rotatable bonds is 20. The van der Waals surface area contributed by atoms with Gasteiger partial charge >= 0.3 is 0 Å². The van der Waals surface area contributed by atoms with E-state index in [9.17, 15) is 0 Å². The van der Waals surface area contributed by atoms with Crippen LogP contribution in [-0.4, -0.2) is 13.2 Å². The number of hydrogen-bond acceptors (Lipinski definition) is 1. The van der Waals surface area contributed by atoms with E-state index < -0.39 is 0 Å². The highest BCUT2D eigenvalue weighted by Gasteiger charge is 2.01. The van der Waals surface area contributed by atoms with E-state index in [4.69, 9.17) is 4.74 Å². The average molecular weight is 424 g/mol. The first-order valence-corrected chi connectivity index (χ1v) is 13.3. The molecule has 0 atom stereocenters. The Balaban J connectivity index is 1.31. The number of ether oxygens (including phenoxy) is 1. The normalized spacial score (nSPS) is 11.4. The van der Waals surface area contributed by atoms with Crippen molar-refractivity contribution in [1.29, 1.82) is 0 Å². The Hall–Kier alpha value is -1.34. The molecule has 0 fully saturated rings. The molecule has 0 bridgehead atoms. The molecule has 0 saturated carbocycles. The molecule has 2 aromatic rings. The van der Waals surface area contributed by atoms with Crippen LogP contribution in [0.2, 0.25) is 0 Å². The van der Waals surface area contributed by atoms with Crippen molar-refractivity contribution < 1.29 is 4.74 Å². The maximum Gasteiger partial charge on any atom is 0.0541 e. The molecule has 0 N–H and O–H groups in total. The second kappa shape index (κ2) is 18.3. The van der Waals surface area contributed by atoms with Crippen LogP contribution in [0.3, 0.4) is 0 Å². The minimum atomic E-state index is 0.715. The summed E-state index contributed by atoms with van der Waals surface area (Å²) in [6, 6.07) is 15.0. The Morgan fingerprint density at radius 3 is 1.71 bits per heavy atom. The van der Waals surface area contributed by atoms with E-state index in [1.807, 2.05) is 0 Å². The van der Waals surface area contributed by atoms with Gasteiger partial charge in [-0.15, -0.1) is 0 Å². The molecular formula is C30H47O. The van der Waals surface area contributed by atoms with E-state index in [2.05, 4.69) is 55.8 Å². The third kappa shape index (κ3) is 12.3. The summed E-state index contributed by atoms with van der Waals surface area (Å²) >= 11 is 0. The summed E-state index contributed by atoms with van der Waals surface area (Å²) in [4.78, 5) is 0. The van der Waals surface area contributed by atoms with Crippen molar-refractivity contribution in [2.75, 3.05) is 13.2 Å². The molecule has 0 amide bonds. The lowest BCUT2D eigenvalue weighted by Crippen LogP contribution is -1.99. The molecule has 0 heterocycles. The van der Waals surface area contributed by atoms with Gasteiger partial charge in [-0.25, -0.2) is 0 Å². The number of fused-ring (bicyclic) bond motifs is 1. The first-order chi connectivity index (χ1) is 15.4. The predicted octanol–water partition coefficient (Wildman–Crippen LogP) is 9.67. The van der Waals surface area contributed by atoms with E-state index in [0.29, 0.717) is 6.61 Å². The largest absolute Gasteiger partial charge is 0.381 e. The molecule has 0 aliphatic rings. The first kappa shape index (κ1) is 25.9. The van der Waals surface area contributed by atoms with Crippen LogP contribution in [0.5, 0.6) is 0 Å². The Bertz CT molecular complexity index is 657. The van der Waals surface area contributed by atoms with Crippen LogP contribution in [0.4, 0.5) is 0 Å². The number of hydrogen-bond donors (Lipinski definition) is 0. The minimum absolute atomic E-state index is 0.715. The van der Waals surface area contributed by atoms with Crippen LogP contribution in [0.1, 0.15) is 115 Å². The van der Waals surface area contributed by atoms with Gasteiger partial charge < -0.3 is 4.74 Å². The molecule has 1 heteroatoms. The van der Waals surface area contributed by atoms with Gasteiger partial charge in [0.25, 0.3) is 0 Å². The first-order valence-electron chi connectivity index (χ1n) is 13.3. The molecule has 0 spiro atoms. The van der Waals surface area contributed by atoms with E-state index >= 15 is 0 Å². The quantitative estimate of drug-likeness (QED) is 0.193. The van der Waals surface area contributed by atoms with Crippen LogP contribution in [0.25, 0.3) is 10.8 Å². The zero-order valence-corrected chi connectivity index (χ0v) is 20.3. The van der Waals surface area contributed by atoms with Gasteiger partial charge in [0.1, 0.15) is 0 Å². The second-order valence-electron chi connectivity index (χ2n) is 9.15. The lowest BCUT2D eigenvalue weighted by atomic mass is 10.0. The molecule has 1 nitrogen and oxygen atoms in total. The monoisotopic (exact) mass is 423 g/mol. The molecular weight excluding hydrogens is 376 g/mol. The van der Waals surface area contributed by atoms with Crippen molar-refractivity contribution in [2.45, 2.75) is 110 Å². The fraction of sp³-hybridized carbons (Fsp3) is 0.633. The predicted molar refractivity (Wildman–Crippen MR) is 138 cm³/mol. The van der Waals surface area contributed by atoms with Crippen LogP contribution in [0.15, 0.2) is 42.5 Å². The molecule has 0 saturated heterocycles. The Morgan fingerprint density at radius 1 is 0.581 bits per heavy atom. The molecule has 0 aliphatic carbocycles. The Labute approximate surface area is 193 Å². The highest BCUT2D eigenvalue weighted by molar-refractivity contribution is 5.86. The lowest BCUT2D eigenvalue weighted by Gasteiger charge is -2.07. The van der Waals surface area contributed by atoms with Crippen LogP contribution < -0.4 is 0 Å². The zero-order valence-electron chi connectivity index (χ0n) is 20.3. The van der Waals surface area contributed by atoms with Crippen molar-refractivity contribution in [3.63, 3.8) is 0 Å². The summed E-state index contributed by atoms with van der Waals surface area (Å²) < 4.78 is 5.85. The summed E-state index contributed by atoms with van der Waals surface area (Å²) in [5.74, 6) is 0. The van der Waals surface area contributed by atoms with Crippen LogP contribution >= 0.6 is 0 Å². The topological polar surface area (TPSA) is 9.23 Å². The number of unbranched alkanes of at least 4 members (excludes halogenated alkanes) is 15. The van der Waals surface area contributed by atoms with Gasteiger partial charge in [0.2, 0.25) is 0 Å². The highest BCUT2D eigenvalue weighted by Crippen LogP contribution is 2.20. The summed E-state index contributed by atoms with van der Waals surface area (Å²) in [6.07, 6.45) is 24.8. The van der Waals surface area contributed by atoms with Crippen LogP contribution in [-0.2, 0) is 4.74 Å². The fourth-order valence-electron chi connectivity index (χ4n) is 4.41. The fourth-order valence-corrected chi connectivity index (χ4v) is 4.41. The molecule has 0 aromatic heterocycles. The van der Waals surface area contributed by atoms with Gasteiger partial charge in [0.15, 0.2) is 0 Å². The van der Waals surface area contributed by atoms with E-state index in [1.165, 1.54) is 119 Å². The number of benzene rings is 2. The Morgan fingerprint density at radius 2 is 1.10 bits per heavy atom. The summed E-state index contributed by atoms with van der Waals surface area (Å²) in [5, 5.41) is 2.62. The average Bonchev–Trinajstić information content (AvgIpc) is 2.80. The summed E-state index contributed by atoms with van der Waals surface area (Å²) in [7, 11) is 0. The molecule has 2 rings (SSSR count). The smallest absolute Gasteiger partial charge is 0.0541 e. The van der Waals surface area contributed by atoms with Crippen LogP contribution in [0, 0.1) is 6.42 Å². The van der Waals surface area contributed by atoms with Gasteiger partial charge in [-0.05, 0) is 22.8 Å². The molecule has 1 radical (unpaired) electrons. The van der Waals surface area contributed by atoms with Crippen molar-refractivity contribution in [3.8, 4) is 0 Å². The second-order valence-corrected chi connectivity index (χ2v) is 9.15. The summed E-state index contributed by atoms with van der Waals surface area (Å²) in [5.41, 5.74) is 1.28. The molecule has 0 unspecified atom stereocenters. The standard InChI is InChI=1S/C30H47O/c1-2-3-4-5-6-7-8-9-10-11-12-13-14-15-16-19-26-31-27-25-29-23-20-22-28-21-17-18-24-30(28)29/h17-18,20-25H,2-16,19,26-27H2,1H3. The third-order valence-corrected chi connectivity index (χ3v) is 6.39. The SMILES string of the molecule is CCCCCCCCCCCCCCCCCCOC[CH]c1cccc2ccccc12. The molecule has 173 valence electrons. The van der Waals surface area contributed by atoms with E-state index in [1.54, 1.807) is 0 Å². The zero-order chi connectivity index (χ0) is 21.8. The lowest BCUT2D eigenvalue weighted by molar-refractivity contribution is 0.151. The van der Waals surface area contributed by atoms with Gasteiger partial charge in [-0.2, -0.15) is 0 Å². The maximum absolute atomic E-state index is 5.85. The molecule has 31 heavy (non-hydrogen) atoms. The molecule has 2 aromatic carbocycles. The van der Waals surface area contributed by atoms with Crippen molar-refractivity contribution in [1.82, 2.24) is 0 Å². The van der Waals surface area contributed by atoms with Gasteiger partial charge in [-0.3, -0.25) is 0 Å². The minimum Gasteiger partial charge on any atom is -0.381 e. The highest BCUT2D eigenvalue weighted by atomic mass is 16.5. The molecule has 0 aliphatic heterocycles.